The van der Waals surface area contributed by atoms with E-state index < -0.39 is 17.6 Å². The molecule has 1 aliphatic heterocycles. The lowest BCUT2D eigenvalue weighted by Gasteiger charge is -2.20. The lowest BCUT2D eigenvalue weighted by molar-refractivity contribution is 0.0697. The molecule has 0 atom stereocenters. The summed E-state index contributed by atoms with van der Waals surface area (Å²) in [4.78, 5) is 13.0. The molecule has 0 unspecified atom stereocenters. The van der Waals surface area contributed by atoms with Crippen LogP contribution in [0.4, 0.5) is 14.5 Å². The first-order valence-electron chi connectivity index (χ1n) is 6.59. The van der Waals surface area contributed by atoms with E-state index in [0.717, 1.165) is 30.3 Å². The van der Waals surface area contributed by atoms with E-state index in [9.17, 15) is 13.6 Å². The highest BCUT2D eigenvalue weighted by Crippen LogP contribution is 2.30. The van der Waals surface area contributed by atoms with Crippen molar-refractivity contribution in [1.82, 2.24) is 0 Å². The van der Waals surface area contributed by atoms with Gasteiger partial charge in [-0.1, -0.05) is 12.1 Å². The van der Waals surface area contributed by atoms with Crippen molar-refractivity contribution in [2.75, 3.05) is 11.4 Å². The first-order valence-corrected chi connectivity index (χ1v) is 6.59. The molecule has 0 aliphatic carbocycles. The van der Waals surface area contributed by atoms with Crippen molar-refractivity contribution >= 4 is 11.7 Å². The zero-order valence-electron chi connectivity index (χ0n) is 11.1. The summed E-state index contributed by atoms with van der Waals surface area (Å²) < 4.78 is 26.2. The first kappa shape index (κ1) is 13.5. The molecule has 0 fully saturated rings. The summed E-state index contributed by atoms with van der Waals surface area (Å²) in [6.45, 7) is 1.16. The minimum Gasteiger partial charge on any atom is -0.478 e. The molecule has 1 N–H and O–H groups in total. The number of hydrogen-bond acceptors (Lipinski definition) is 2. The second-order valence-corrected chi connectivity index (χ2v) is 5.07. The number of halogens is 2. The number of aromatic carboxylic acids is 1. The molecule has 5 heteroatoms. The third kappa shape index (κ3) is 2.59. The molecule has 0 saturated carbocycles. The lowest BCUT2D eigenvalue weighted by atomic mass is 10.1. The molecule has 2 aromatic carbocycles. The van der Waals surface area contributed by atoms with Crippen LogP contribution in [-0.4, -0.2) is 17.6 Å². The van der Waals surface area contributed by atoms with Gasteiger partial charge in [-0.15, -0.1) is 0 Å². The van der Waals surface area contributed by atoms with E-state index in [-0.39, 0.29) is 5.56 Å². The minimum atomic E-state index is -0.975. The molecule has 21 heavy (non-hydrogen) atoms. The van der Waals surface area contributed by atoms with Crippen LogP contribution in [0.25, 0.3) is 0 Å². The zero-order valence-corrected chi connectivity index (χ0v) is 11.1. The number of benzene rings is 2. The van der Waals surface area contributed by atoms with Gasteiger partial charge in [0.25, 0.3) is 0 Å². The van der Waals surface area contributed by atoms with Crippen LogP contribution >= 0.6 is 0 Å². The maximum Gasteiger partial charge on any atom is 0.335 e. The Hall–Kier alpha value is -2.43. The molecule has 0 radical (unpaired) electrons. The molecule has 1 heterocycles. The topological polar surface area (TPSA) is 40.5 Å². The van der Waals surface area contributed by atoms with Gasteiger partial charge in [0.1, 0.15) is 0 Å². The molecule has 0 amide bonds. The van der Waals surface area contributed by atoms with Gasteiger partial charge >= 0.3 is 5.97 Å². The molecule has 108 valence electrons. The Bertz CT molecular complexity index is 715. The Morgan fingerprint density at radius 2 is 1.95 bits per heavy atom. The van der Waals surface area contributed by atoms with E-state index in [4.69, 9.17) is 5.11 Å². The Balaban J connectivity index is 1.88. The van der Waals surface area contributed by atoms with Gasteiger partial charge in [-0.25, -0.2) is 13.6 Å². The van der Waals surface area contributed by atoms with Gasteiger partial charge in [0.2, 0.25) is 0 Å². The van der Waals surface area contributed by atoms with Crippen LogP contribution in [0.3, 0.4) is 0 Å². The lowest BCUT2D eigenvalue weighted by Crippen LogP contribution is -2.20. The van der Waals surface area contributed by atoms with E-state index in [1.807, 2.05) is 11.0 Å². The average molecular weight is 289 g/mol. The van der Waals surface area contributed by atoms with Gasteiger partial charge in [0.15, 0.2) is 11.6 Å². The minimum absolute atomic E-state index is 0.228. The van der Waals surface area contributed by atoms with Crippen molar-refractivity contribution in [1.29, 1.82) is 0 Å². The Kier molecular flexibility index (Phi) is 3.33. The summed E-state index contributed by atoms with van der Waals surface area (Å²) in [5, 5.41) is 9.05. The maximum atomic E-state index is 13.2. The SMILES string of the molecule is O=C(O)c1ccc2c(c1)N(Cc1ccc(F)c(F)c1)CC2. The summed E-state index contributed by atoms with van der Waals surface area (Å²) in [6, 6.07) is 8.85. The molecule has 0 bridgehead atoms. The monoisotopic (exact) mass is 289 g/mol. The summed E-state index contributed by atoms with van der Waals surface area (Å²) in [5.41, 5.74) is 2.80. The molecular weight excluding hydrogens is 276 g/mol. The second-order valence-electron chi connectivity index (χ2n) is 5.07. The summed E-state index contributed by atoms with van der Waals surface area (Å²) in [7, 11) is 0. The van der Waals surface area contributed by atoms with Crippen LogP contribution in [0.15, 0.2) is 36.4 Å². The number of rotatable bonds is 3. The predicted octanol–water partition coefficient (Wildman–Crippen LogP) is 3.23. The highest BCUT2D eigenvalue weighted by Gasteiger charge is 2.21. The second kappa shape index (κ2) is 5.16. The van der Waals surface area contributed by atoms with Crippen molar-refractivity contribution in [3.05, 3.63) is 64.7 Å². The predicted molar refractivity (Wildman–Crippen MR) is 74.5 cm³/mol. The molecule has 0 spiro atoms. The van der Waals surface area contributed by atoms with Crippen LogP contribution in [0, 0.1) is 11.6 Å². The van der Waals surface area contributed by atoms with Crippen LogP contribution in [-0.2, 0) is 13.0 Å². The van der Waals surface area contributed by atoms with Crippen LogP contribution < -0.4 is 4.90 Å². The van der Waals surface area contributed by atoms with Crippen molar-refractivity contribution in [2.24, 2.45) is 0 Å². The molecule has 3 nitrogen and oxygen atoms in total. The molecule has 0 saturated heterocycles. The van der Waals surface area contributed by atoms with Gasteiger partial charge in [-0.3, -0.25) is 0 Å². The van der Waals surface area contributed by atoms with Gasteiger partial charge in [0.05, 0.1) is 5.56 Å². The Morgan fingerprint density at radius 3 is 2.67 bits per heavy atom. The smallest absolute Gasteiger partial charge is 0.335 e. The third-order valence-corrected chi connectivity index (χ3v) is 3.68. The maximum absolute atomic E-state index is 13.2. The average Bonchev–Trinajstić information content (AvgIpc) is 2.85. The molecule has 0 aromatic heterocycles. The molecule has 2 aromatic rings. The van der Waals surface area contributed by atoms with Crippen molar-refractivity contribution in [3.8, 4) is 0 Å². The van der Waals surface area contributed by atoms with Crippen molar-refractivity contribution in [3.63, 3.8) is 0 Å². The number of carboxylic acids is 1. The van der Waals surface area contributed by atoms with E-state index in [1.54, 1.807) is 12.1 Å². The number of fused-ring (bicyclic) bond motifs is 1. The highest BCUT2D eigenvalue weighted by molar-refractivity contribution is 5.89. The number of hydrogen-bond donors (Lipinski definition) is 1. The van der Waals surface area contributed by atoms with Gasteiger partial charge < -0.3 is 10.0 Å². The summed E-state index contributed by atoms with van der Waals surface area (Å²) in [6.07, 6.45) is 0.818. The fraction of sp³-hybridized carbons (Fsp3) is 0.188. The Labute approximate surface area is 120 Å². The zero-order chi connectivity index (χ0) is 15.0. The van der Waals surface area contributed by atoms with Gasteiger partial charge in [-0.05, 0) is 41.8 Å². The number of carboxylic acid groups (broad SMARTS) is 1. The van der Waals surface area contributed by atoms with E-state index in [0.29, 0.717) is 12.1 Å². The van der Waals surface area contributed by atoms with E-state index in [1.165, 1.54) is 12.1 Å². The Morgan fingerprint density at radius 1 is 1.14 bits per heavy atom. The fourth-order valence-corrected chi connectivity index (χ4v) is 2.60. The van der Waals surface area contributed by atoms with E-state index >= 15 is 0 Å². The largest absolute Gasteiger partial charge is 0.478 e. The van der Waals surface area contributed by atoms with Crippen LogP contribution in [0.5, 0.6) is 0 Å². The summed E-state index contributed by atoms with van der Waals surface area (Å²) in [5.74, 6) is -2.71. The molecular formula is C16H13F2NO2. The highest BCUT2D eigenvalue weighted by atomic mass is 19.2. The third-order valence-electron chi connectivity index (χ3n) is 3.68. The molecule has 3 rings (SSSR count). The quantitative estimate of drug-likeness (QED) is 0.943. The summed E-state index contributed by atoms with van der Waals surface area (Å²) >= 11 is 0. The standard InChI is InChI=1S/C16H13F2NO2/c17-13-4-1-10(7-14(13)18)9-19-6-5-11-2-3-12(16(20)21)8-15(11)19/h1-4,7-8H,5-6,9H2,(H,20,21). The van der Waals surface area contributed by atoms with Gasteiger partial charge in [0, 0.05) is 18.8 Å². The molecule has 1 aliphatic rings. The van der Waals surface area contributed by atoms with Crippen molar-refractivity contribution < 1.29 is 18.7 Å². The normalized spacial score (nSPS) is 13.3. The van der Waals surface area contributed by atoms with E-state index in [2.05, 4.69) is 0 Å². The number of nitrogens with zero attached hydrogens (tertiary/aromatic N) is 1. The van der Waals surface area contributed by atoms with Crippen LogP contribution in [0.1, 0.15) is 21.5 Å². The van der Waals surface area contributed by atoms with Crippen LogP contribution in [0.2, 0.25) is 0 Å². The van der Waals surface area contributed by atoms with Gasteiger partial charge in [-0.2, -0.15) is 0 Å². The first-order chi connectivity index (χ1) is 10.0. The fourth-order valence-electron chi connectivity index (χ4n) is 2.60. The number of anilines is 1. The van der Waals surface area contributed by atoms with Crippen molar-refractivity contribution in [2.45, 2.75) is 13.0 Å². The number of carbonyl (C=O) groups is 1.